The molecule has 2 aromatic carbocycles. The molecule has 2 aliphatic rings. The Labute approximate surface area is 213 Å². The molecule has 0 aromatic heterocycles. The zero-order valence-electron chi connectivity index (χ0n) is 21.4. The zero-order valence-corrected chi connectivity index (χ0v) is 21.4. The van der Waals surface area contributed by atoms with Gasteiger partial charge in [-0.05, 0) is 63.0 Å². The molecule has 190 valence electrons. The van der Waals surface area contributed by atoms with E-state index in [1.807, 2.05) is 41.3 Å². The maximum absolute atomic E-state index is 13.7. The van der Waals surface area contributed by atoms with Crippen LogP contribution in [0.25, 0.3) is 0 Å². The third kappa shape index (κ3) is 4.89. The molecule has 1 aliphatic heterocycles. The highest BCUT2D eigenvalue weighted by atomic mass is 16.5. The second-order valence-electron chi connectivity index (χ2n) is 10.0. The topological polar surface area (TPSA) is 88.9 Å². The smallest absolute Gasteiger partial charge is 0.321 e. The normalized spacial score (nSPS) is 23.7. The number of hydrogen-bond acceptors (Lipinski definition) is 5. The molecule has 0 unspecified atom stereocenters. The van der Waals surface area contributed by atoms with Gasteiger partial charge in [0.25, 0.3) is 0 Å². The van der Waals surface area contributed by atoms with Crippen molar-refractivity contribution in [3.8, 4) is 11.8 Å². The van der Waals surface area contributed by atoms with E-state index in [0.29, 0.717) is 13.1 Å². The van der Waals surface area contributed by atoms with Crippen LogP contribution in [0, 0.1) is 11.3 Å². The first-order valence-electron chi connectivity index (χ1n) is 12.4. The highest BCUT2D eigenvalue weighted by molar-refractivity contribution is 5.86. The molecule has 1 aliphatic carbocycles. The minimum Gasteiger partial charge on any atom is -0.497 e. The summed E-state index contributed by atoms with van der Waals surface area (Å²) in [6, 6.07) is 20.1. The first kappa shape index (κ1) is 25.5. The molecular formula is C28H35N5O3. The Morgan fingerprint density at radius 1 is 1.08 bits per heavy atom. The van der Waals surface area contributed by atoms with Crippen molar-refractivity contribution in [2.24, 2.45) is 0 Å². The second-order valence-corrected chi connectivity index (χ2v) is 10.0. The number of amides is 3. The van der Waals surface area contributed by atoms with Gasteiger partial charge in [-0.15, -0.1) is 0 Å². The van der Waals surface area contributed by atoms with Crippen LogP contribution in [-0.2, 0) is 16.9 Å². The lowest BCUT2D eigenvalue weighted by Crippen LogP contribution is -2.57. The number of benzene rings is 2. The minimum absolute atomic E-state index is 0.0417. The van der Waals surface area contributed by atoms with Gasteiger partial charge in [-0.2, -0.15) is 5.26 Å². The Balaban J connectivity index is 1.59. The lowest BCUT2D eigenvalue weighted by atomic mass is 9.68. The van der Waals surface area contributed by atoms with Crippen molar-refractivity contribution in [2.45, 2.75) is 43.3 Å². The van der Waals surface area contributed by atoms with E-state index in [-0.39, 0.29) is 30.6 Å². The number of nitrogens with one attached hydrogen (secondary N) is 1. The van der Waals surface area contributed by atoms with Crippen molar-refractivity contribution in [3.63, 3.8) is 0 Å². The average molecular weight is 490 g/mol. The fourth-order valence-corrected chi connectivity index (χ4v) is 5.83. The number of rotatable bonds is 8. The van der Waals surface area contributed by atoms with Crippen molar-refractivity contribution >= 4 is 11.9 Å². The van der Waals surface area contributed by atoms with Crippen LogP contribution in [0.1, 0.15) is 36.8 Å². The first-order valence-corrected chi connectivity index (χ1v) is 12.4. The fraction of sp³-hybridized carbons (Fsp3) is 0.464. The van der Waals surface area contributed by atoms with E-state index in [9.17, 15) is 9.59 Å². The highest BCUT2D eigenvalue weighted by Crippen LogP contribution is 2.49. The van der Waals surface area contributed by atoms with Gasteiger partial charge in [0.2, 0.25) is 5.91 Å². The zero-order chi connectivity index (χ0) is 25.8. The monoisotopic (exact) mass is 489 g/mol. The summed E-state index contributed by atoms with van der Waals surface area (Å²) in [5.41, 5.74) is 1.75. The summed E-state index contributed by atoms with van der Waals surface area (Å²) in [6.07, 6.45) is 3.33. The minimum atomic E-state index is -0.429. The molecule has 2 fully saturated rings. The second kappa shape index (κ2) is 10.6. The van der Waals surface area contributed by atoms with Crippen LogP contribution in [0.5, 0.6) is 5.75 Å². The number of nitriles is 1. The molecule has 4 rings (SSSR count). The Bertz CT molecular complexity index is 1100. The van der Waals surface area contributed by atoms with E-state index in [0.717, 1.165) is 37.0 Å². The maximum atomic E-state index is 13.7. The molecule has 0 radical (unpaired) electrons. The van der Waals surface area contributed by atoms with Gasteiger partial charge in [0.15, 0.2) is 0 Å². The summed E-state index contributed by atoms with van der Waals surface area (Å²) in [4.78, 5) is 32.2. The molecule has 1 N–H and O–H groups in total. The molecule has 8 nitrogen and oxygen atoms in total. The van der Waals surface area contributed by atoms with Crippen molar-refractivity contribution in [3.05, 3.63) is 65.7 Å². The van der Waals surface area contributed by atoms with Crippen LogP contribution in [0.4, 0.5) is 4.79 Å². The van der Waals surface area contributed by atoms with Crippen molar-refractivity contribution < 1.29 is 14.3 Å². The van der Waals surface area contributed by atoms with Gasteiger partial charge in [0, 0.05) is 18.6 Å². The maximum Gasteiger partial charge on any atom is 0.321 e. The molecule has 8 heteroatoms. The van der Waals surface area contributed by atoms with Crippen LogP contribution in [0.2, 0.25) is 0 Å². The molecule has 2 aromatic rings. The van der Waals surface area contributed by atoms with Gasteiger partial charge in [-0.3, -0.25) is 9.69 Å². The average Bonchev–Trinajstić information content (AvgIpc) is 3.14. The van der Waals surface area contributed by atoms with Crippen LogP contribution < -0.4 is 10.1 Å². The van der Waals surface area contributed by atoms with Crippen molar-refractivity contribution in [2.75, 3.05) is 40.8 Å². The van der Waals surface area contributed by atoms with E-state index in [4.69, 9.17) is 10.00 Å². The Kier molecular flexibility index (Phi) is 7.51. The number of carbonyl (C=O) groups excluding carboxylic acids is 2. The van der Waals surface area contributed by atoms with Crippen LogP contribution in [0.3, 0.4) is 0 Å². The number of carbonyl (C=O) groups is 2. The summed E-state index contributed by atoms with van der Waals surface area (Å²) < 4.78 is 5.26. The largest absolute Gasteiger partial charge is 0.497 e. The predicted molar refractivity (Wildman–Crippen MR) is 137 cm³/mol. The van der Waals surface area contributed by atoms with E-state index in [1.165, 1.54) is 5.56 Å². The Morgan fingerprint density at radius 2 is 1.75 bits per heavy atom. The van der Waals surface area contributed by atoms with Crippen LogP contribution in [-0.4, -0.2) is 73.0 Å². The number of urea groups is 1. The van der Waals surface area contributed by atoms with Gasteiger partial charge in [0.1, 0.15) is 18.8 Å². The number of hydrogen-bond donors (Lipinski definition) is 1. The highest BCUT2D eigenvalue weighted by Gasteiger charge is 2.54. The fourth-order valence-electron chi connectivity index (χ4n) is 5.83. The van der Waals surface area contributed by atoms with E-state index < -0.39 is 5.54 Å². The molecule has 0 atom stereocenters. The lowest BCUT2D eigenvalue weighted by Gasteiger charge is -2.50. The van der Waals surface area contributed by atoms with Gasteiger partial charge in [-0.1, -0.05) is 42.5 Å². The van der Waals surface area contributed by atoms with E-state index >= 15 is 0 Å². The summed E-state index contributed by atoms with van der Waals surface area (Å²) in [6.45, 7) is 0.932. The number of methoxy groups -OCH3 is 1. The lowest BCUT2D eigenvalue weighted by molar-refractivity contribution is -0.122. The predicted octanol–water partition coefficient (Wildman–Crippen LogP) is 3.34. The molecule has 1 saturated heterocycles. The molecule has 1 saturated carbocycles. The Hall–Kier alpha value is -3.57. The summed E-state index contributed by atoms with van der Waals surface area (Å²) in [5, 5.41) is 11.5. The summed E-state index contributed by atoms with van der Waals surface area (Å²) in [5.74, 6) is 0.468. The number of nitrogens with zero attached hydrogens (tertiary/aromatic N) is 4. The molecule has 36 heavy (non-hydrogen) atoms. The quantitative estimate of drug-likeness (QED) is 0.575. The third-order valence-corrected chi connectivity index (χ3v) is 7.93. The van der Waals surface area contributed by atoms with Crippen molar-refractivity contribution in [1.29, 1.82) is 5.26 Å². The van der Waals surface area contributed by atoms with Gasteiger partial charge in [-0.25, -0.2) is 4.79 Å². The molecule has 3 amide bonds. The van der Waals surface area contributed by atoms with Gasteiger partial charge >= 0.3 is 6.03 Å². The van der Waals surface area contributed by atoms with Gasteiger partial charge in [0.05, 0.1) is 18.7 Å². The van der Waals surface area contributed by atoms with Crippen LogP contribution in [0.15, 0.2) is 54.6 Å². The molecule has 0 bridgehead atoms. The number of ether oxygens (including phenoxy) is 1. The molecule has 1 spiro atoms. The molecule has 1 heterocycles. The summed E-state index contributed by atoms with van der Waals surface area (Å²) in [7, 11) is 5.87. The van der Waals surface area contributed by atoms with E-state index in [1.54, 1.807) is 12.0 Å². The van der Waals surface area contributed by atoms with Gasteiger partial charge < -0.3 is 19.9 Å². The summed E-state index contributed by atoms with van der Waals surface area (Å²) >= 11 is 0. The van der Waals surface area contributed by atoms with E-state index in [2.05, 4.69) is 48.6 Å². The van der Waals surface area contributed by atoms with Crippen LogP contribution >= 0.6 is 0 Å². The molecular weight excluding hydrogens is 454 g/mol. The first-order chi connectivity index (χ1) is 17.3. The standard InChI is InChI=1S/C28H35N5O3/c1-31(2)28(23-7-5-4-6-8-23)15-13-27(14-16-28)21-32(19-22-9-11-24(36-3)12-10-22)26(35)33(27)20-25(34)30-18-17-29/h4-12H,13-16,18-21H2,1-3H3,(H,30,34)/t27-,28+. The SMILES string of the molecule is COc1ccc(CN2C[C@]3(CC[C@](c4ccccc4)(N(C)C)CC3)N(CC(=O)NCC#N)C2=O)cc1. The van der Waals surface area contributed by atoms with Crippen molar-refractivity contribution in [1.82, 2.24) is 20.0 Å². The third-order valence-electron chi connectivity index (χ3n) is 7.93. The Morgan fingerprint density at radius 3 is 2.33 bits per heavy atom.